The van der Waals surface area contributed by atoms with Crippen LogP contribution in [0.1, 0.15) is 23.4 Å². The van der Waals surface area contributed by atoms with E-state index in [1.165, 1.54) is 12.1 Å². The van der Waals surface area contributed by atoms with E-state index >= 15 is 0 Å². The zero-order valence-corrected chi connectivity index (χ0v) is 14.2. The Labute approximate surface area is 144 Å². The highest BCUT2D eigenvalue weighted by Gasteiger charge is 2.17. The fourth-order valence-electron chi connectivity index (χ4n) is 1.88. The Kier molecular flexibility index (Phi) is 5.81. The van der Waals surface area contributed by atoms with Crippen LogP contribution in [0.5, 0.6) is 5.75 Å². The number of hydrogen-bond donors (Lipinski definition) is 2. The molecule has 0 atom stereocenters. The van der Waals surface area contributed by atoms with E-state index in [4.69, 9.17) is 14.3 Å². The quantitative estimate of drug-likeness (QED) is 0.685. The monoisotopic (exact) mass is 367 g/mol. The van der Waals surface area contributed by atoms with Crippen LogP contribution in [-0.2, 0) is 14.6 Å². The number of carboxylic acid groups (broad SMARTS) is 1. The fraction of sp³-hybridized carbons (Fsp3) is 0.250. The van der Waals surface area contributed by atoms with Crippen molar-refractivity contribution in [2.75, 3.05) is 18.2 Å². The van der Waals surface area contributed by atoms with Crippen molar-refractivity contribution in [1.82, 2.24) is 0 Å². The van der Waals surface area contributed by atoms with Gasteiger partial charge in [-0.3, -0.25) is 9.59 Å². The third-order valence-electron chi connectivity index (χ3n) is 3.09. The second-order valence-electron chi connectivity index (χ2n) is 5.22. The van der Waals surface area contributed by atoms with E-state index in [1.54, 1.807) is 24.3 Å². The highest BCUT2D eigenvalue weighted by atomic mass is 32.2. The van der Waals surface area contributed by atoms with Crippen LogP contribution in [0.15, 0.2) is 45.9 Å². The molecule has 1 heterocycles. The largest absolute Gasteiger partial charge is 0.494 e. The number of aliphatic carboxylic acids is 1. The van der Waals surface area contributed by atoms with Gasteiger partial charge in [-0.15, -0.1) is 0 Å². The van der Waals surface area contributed by atoms with Crippen molar-refractivity contribution >= 4 is 27.4 Å². The molecular weight excluding hydrogens is 350 g/mol. The number of ether oxygens (including phenoxy) is 1. The maximum Gasteiger partial charge on any atom is 0.303 e. The first-order valence-corrected chi connectivity index (χ1v) is 9.21. The van der Waals surface area contributed by atoms with E-state index in [9.17, 15) is 18.0 Å². The van der Waals surface area contributed by atoms with Crippen LogP contribution in [0, 0.1) is 0 Å². The number of benzene rings is 1. The van der Waals surface area contributed by atoms with E-state index < -0.39 is 21.7 Å². The van der Waals surface area contributed by atoms with Gasteiger partial charge in [0.05, 0.1) is 6.61 Å². The van der Waals surface area contributed by atoms with E-state index in [2.05, 4.69) is 5.32 Å². The maximum atomic E-state index is 12.0. The van der Waals surface area contributed by atoms with Gasteiger partial charge >= 0.3 is 5.97 Å². The summed E-state index contributed by atoms with van der Waals surface area (Å²) in [5.41, 5.74) is 0.472. The molecule has 1 aromatic heterocycles. The van der Waals surface area contributed by atoms with E-state index in [1.807, 2.05) is 0 Å². The molecule has 2 N–H and O–H groups in total. The van der Waals surface area contributed by atoms with E-state index in [-0.39, 0.29) is 23.9 Å². The maximum absolute atomic E-state index is 12.0. The summed E-state index contributed by atoms with van der Waals surface area (Å²) in [7, 11) is -3.51. The fourth-order valence-corrected chi connectivity index (χ4v) is 2.44. The Hall–Kier alpha value is -2.81. The summed E-state index contributed by atoms with van der Waals surface area (Å²) in [5, 5.41) is 10.8. The summed E-state index contributed by atoms with van der Waals surface area (Å²) >= 11 is 0. The predicted molar refractivity (Wildman–Crippen MR) is 88.6 cm³/mol. The molecule has 0 saturated heterocycles. The molecule has 1 aromatic carbocycles. The van der Waals surface area contributed by atoms with Crippen molar-refractivity contribution in [2.45, 2.75) is 17.9 Å². The zero-order chi connectivity index (χ0) is 18.4. The lowest BCUT2D eigenvalue weighted by atomic mass is 10.3. The third kappa shape index (κ3) is 5.64. The molecule has 0 aliphatic rings. The molecular formula is C16H17NO7S. The molecule has 25 heavy (non-hydrogen) atoms. The SMILES string of the molecule is CS(=O)(=O)c1ccc(C(=O)Nc2ccc(OCCCC(=O)O)cc2)o1. The van der Waals surface area contributed by atoms with Crippen molar-refractivity contribution in [3.63, 3.8) is 0 Å². The molecule has 8 nitrogen and oxygen atoms in total. The van der Waals surface area contributed by atoms with Gasteiger partial charge in [0.15, 0.2) is 5.76 Å². The average molecular weight is 367 g/mol. The molecule has 2 rings (SSSR count). The number of rotatable bonds is 8. The van der Waals surface area contributed by atoms with Gasteiger partial charge in [0.25, 0.3) is 5.91 Å². The van der Waals surface area contributed by atoms with Gasteiger partial charge in [-0.05, 0) is 42.8 Å². The number of hydrogen-bond acceptors (Lipinski definition) is 6. The third-order valence-corrected chi connectivity index (χ3v) is 4.04. The lowest BCUT2D eigenvalue weighted by Crippen LogP contribution is -2.11. The summed E-state index contributed by atoms with van der Waals surface area (Å²) in [6.45, 7) is 0.276. The topological polar surface area (TPSA) is 123 Å². The lowest BCUT2D eigenvalue weighted by molar-refractivity contribution is -0.137. The van der Waals surface area contributed by atoms with Crippen molar-refractivity contribution < 1.29 is 32.3 Å². The number of sulfone groups is 1. The smallest absolute Gasteiger partial charge is 0.303 e. The number of carbonyl (C=O) groups is 2. The molecule has 0 saturated carbocycles. The minimum atomic E-state index is -3.51. The molecule has 0 aliphatic heterocycles. The lowest BCUT2D eigenvalue weighted by Gasteiger charge is -2.07. The zero-order valence-electron chi connectivity index (χ0n) is 13.4. The second kappa shape index (κ2) is 7.84. The van der Waals surface area contributed by atoms with Crippen molar-refractivity contribution in [3.8, 4) is 5.75 Å². The van der Waals surface area contributed by atoms with Crippen LogP contribution in [0.25, 0.3) is 0 Å². The summed E-state index contributed by atoms with van der Waals surface area (Å²) in [5.74, 6) is -1.03. The summed E-state index contributed by atoms with van der Waals surface area (Å²) in [4.78, 5) is 22.4. The van der Waals surface area contributed by atoms with Crippen LogP contribution in [0.2, 0.25) is 0 Å². The number of nitrogens with one attached hydrogen (secondary N) is 1. The molecule has 2 aromatic rings. The molecule has 0 radical (unpaired) electrons. The Balaban J connectivity index is 1.91. The first kappa shape index (κ1) is 18.5. The Bertz CT molecular complexity index is 853. The normalized spacial score (nSPS) is 11.1. The first-order chi connectivity index (χ1) is 11.8. The summed E-state index contributed by atoms with van der Waals surface area (Å²) in [6.07, 6.45) is 1.42. The van der Waals surface area contributed by atoms with Gasteiger partial charge in [-0.25, -0.2) is 8.42 Å². The average Bonchev–Trinajstić information content (AvgIpc) is 3.03. The van der Waals surface area contributed by atoms with Gasteiger partial charge in [-0.2, -0.15) is 0 Å². The van der Waals surface area contributed by atoms with Crippen molar-refractivity contribution in [1.29, 1.82) is 0 Å². The molecule has 134 valence electrons. The first-order valence-electron chi connectivity index (χ1n) is 7.31. The Morgan fingerprint density at radius 2 is 1.84 bits per heavy atom. The van der Waals surface area contributed by atoms with Crippen LogP contribution < -0.4 is 10.1 Å². The van der Waals surface area contributed by atoms with Crippen LogP contribution in [0.3, 0.4) is 0 Å². The molecule has 1 amide bonds. The van der Waals surface area contributed by atoms with Gasteiger partial charge in [0.1, 0.15) is 5.75 Å². The molecule has 0 unspecified atom stereocenters. The van der Waals surface area contributed by atoms with Crippen LogP contribution in [0.4, 0.5) is 5.69 Å². The minimum Gasteiger partial charge on any atom is -0.494 e. The minimum absolute atomic E-state index is 0.0345. The number of anilines is 1. The van der Waals surface area contributed by atoms with Crippen LogP contribution in [-0.4, -0.2) is 38.3 Å². The van der Waals surface area contributed by atoms with Crippen molar-refractivity contribution in [3.05, 3.63) is 42.2 Å². The summed E-state index contributed by atoms with van der Waals surface area (Å²) < 4.78 is 33.1. The van der Waals surface area contributed by atoms with Gasteiger partial charge in [0, 0.05) is 18.4 Å². The Morgan fingerprint density at radius 3 is 2.40 bits per heavy atom. The van der Waals surface area contributed by atoms with Crippen molar-refractivity contribution in [2.24, 2.45) is 0 Å². The number of furan rings is 1. The van der Waals surface area contributed by atoms with Gasteiger partial charge in [-0.1, -0.05) is 0 Å². The predicted octanol–water partition coefficient (Wildman–Crippen LogP) is 2.18. The van der Waals surface area contributed by atoms with E-state index in [0.29, 0.717) is 17.9 Å². The van der Waals surface area contributed by atoms with E-state index in [0.717, 1.165) is 6.26 Å². The molecule has 0 aliphatic carbocycles. The molecule has 0 bridgehead atoms. The number of carboxylic acids is 1. The van der Waals surface area contributed by atoms with Gasteiger partial charge < -0.3 is 19.6 Å². The standard InChI is InChI=1S/C16H17NO7S/c1-25(21,22)15-9-8-13(24-15)16(20)17-11-4-6-12(7-5-11)23-10-2-3-14(18)19/h4-9H,2-3,10H2,1H3,(H,17,20)(H,18,19). The molecule has 0 spiro atoms. The molecule has 0 fully saturated rings. The second-order valence-corrected chi connectivity index (χ2v) is 7.16. The highest BCUT2D eigenvalue weighted by Crippen LogP contribution is 2.18. The highest BCUT2D eigenvalue weighted by molar-refractivity contribution is 7.90. The molecule has 9 heteroatoms. The van der Waals surface area contributed by atoms with Gasteiger partial charge in [0.2, 0.25) is 14.9 Å². The summed E-state index contributed by atoms with van der Waals surface area (Å²) in [6, 6.07) is 8.96. The number of carbonyl (C=O) groups excluding carboxylic acids is 1. The number of amides is 1. The Morgan fingerprint density at radius 1 is 1.16 bits per heavy atom. The van der Waals surface area contributed by atoms with Crippen LogP contribution >= 0.6 is 0 Å².